The third-order valence-electron chi connectivity index (χ3n) is 5.61. The summed E-state index contributed by atoms with van der Waals surface area (Å²) in [7, 11) is 1.43. The van der Waals surface area contributed by atoms with E-state index in [0.29, 0.717) is 59.7 Å². The number of methoxy groups -OCH3 is 1. The molecule has 1 saturated heterocycles. The maximum atomic E-state index is 13.2. The van der Waals surface area contributed by atoms with Gasteiger partial charge >= 0.3 is 0 Å². The predicted molar refractivity (Wildman–Crippen MR) is 136 cm³/mol. The first kappa shape index (κ1) is 25.0. The van der Waals surface area contributed by atoms with Crippen molar-refractivity contribution in [3.63, 3.8) is 0 Å². The summed E-state index contributed by atoms with van der Waals surface area (Å²) in [6, 6.07) is 15.6. The Morgan fingerprint density at radius 1 is 1.00 bits per heavy atom. The molecule has 11 heteroatoms. The molecule has 10 nitrogen and oxygen atoms in total. The number of ether oxygens (including phenoxy) is 2. The number of benzene rings is 3. The second-order valence-electron chi connectivity index (χ2n) is 7.86. The fourth-order valence-electron chi connectivity index (χ4n) is 3.81. The third-order valence-corrected chi connectivity index (χ3v) is 5.94. The van der Waals surface area contributed by atoms with E-state index in [0.717, 1.165) is 0 Å². The molecule has 0 radical (unpaired) electrons. The number of nitro benzene ring substituents is 1. The Hall–Kier alpha value is -4.15. The number of anilines is 3. The Morgan fingerprint density at radius 2 is 1.72 bits per heavy atom. The van der Waals surface area contributed by atoms with E-state index < -0.39 is 16.7 Å². The molecule has 0 saturated carbocycles. The van der Waals surface area contributed by atoms with E-state index in [4.69, 9.17) is 21.1 Å². The van der Waals surface area contributed by atoms with Gasteiger partial charge in [0, 0.05) is 37.0 Å². The van der Waals surface area contributed by atoms with Crippen LogP contribution in [0.5, 0.6) is 5.75 Å². The van der Waals surface area contributed by atoms with E-state index in [2.05, 4.69) is 10.6 Å². The van der Waals surface area contributed by atoms with Crippen molar-refractivity contribution in [3.8, 4) is 5.75 Å². The highest BCUT2D eigenvalue weighted by atomic mass is 35.5. The van der Waals surface area contributed by atoms with Crippen molar-refractivity contribution in [2.24, 2.45) is 0 Å². The summed E-state index contributed by atoms with van der Waals surface area (Å²) in [4.78, 5) is 38.6. The Bertz CT molecular complexity index is 1310. The Morgan fingerprint density at radius 3 is 2.42 bits per heavy atom. The maximum Gasteiger partial charge on any atom is 0.270 e. The lowest BCUT2D eigenvalue weighted by molar-refractivity contribution is -0.384. The van der Waals surface area contributed by atoms with Gasteiger partial charge in [0.05, 0.1) is 52.8 Å². The number of carbonyl (C=O) groups is 2. The minimum absolute atomic E-state index is 0.168. The largest absolute Gasteiger partial charge is 0.494 e. The van der Waals surface area contributed by atoms with Crippen molar-refractivity contribution in [2.45, 2.75) is 0 Å². The van der Waals surface area contributed by atoms with E-state index >= 15 is 0 Å². The van der Waals surface area contributed by atoms with Crippen LogP contribution >= 0.6 is 11.6 Å². The molecule has 0 atom stereocenters. The van der Waals surface area contributed by atoms with Crippen LogP contribution in [0.3, 0.4) is 0 Å². The molecular formula is C25H23ClN4O6. The SMILES string of the molecule is COc1cc(NC(=O)c2cc([N+](=O)[O-])ccc2N2CCOCC2)ccc1NC(=O)c1ccccc1Cl. The van der Waals surface area contributed by atoms with E-state index in [1.807, 2.05) is 4.90 Å². The molecule has 3 aromatic rings. The summed E-state index contributed by atoms with van der Waals surface area (Å²) in [5.74, 6) is -0.627. The summed E-state index contributed by atoms with van der Waals surface area (Å²) in [6.45, 7) is 2.12. The number of nitrogens with one attached hydrogen (secondary N) is 2. The van der Waals surface area contributed by atoms with Gasteiger partial charge in [-0.2, -0.15) is 0 Å². The monoisotopic (exact) mass is 510 g/mol. The molecule has 1 heterocycles. The summed E-state index contributed by atoms with van der Waals surface area (Å²) in [5.41, 5.74) is 1.63. The molecule has 0 bridgehead atoms. The molecule has 36 heavy (non-hydrogen) atoms. The minimum Gasteiger partial charge on any atom is -0.494 e. The van der Waals surface area contributed by atoms with E-state index in [9.17, 15) is 19.7 Å². The lowest BCUT2D eigenvalue weighted by Crippen LogP contribution is -2.37. The fraction of sp³-hybridized carbons (Fsp3) is 0.200. The predicted octanol–water partition coefficient (Wildman–Crippen LogP) is 4.60. The van der Waals surface area contributed by atoms with Gasteiger partial charge in [0.15, 0.2) is 0 Å². The lowest BCUT2D eigenvalue weighted by Gasteiger charge is -2.30. The van der Waals surface area contributed by atoms with Crippen LogP contribution in [0.25, 0.3) is 0 Å². The van der Waals surface area contributed by atoms with Crippen LogP contribution < -0.4 is 20.3 Å². The second kappa shape index (κ2) is 11.1. The maximum absolute atomic E-state index is 13.2. The van der Waals surface area contributed by atoms with Crippen molar-refractivity contribution in [3.05, 3.63) is 86.9 Å². The summed E-state index contributed by atoms with van der Waals surface area (Å²) in [5, 5.41) is 17.2. The van der Waals surface area contributed by atoms with Gasteiger partial charge in [-0.3, -0.25) is 19.7 Å². The van der Waals surface area contributed by atoms with E-state index in [-0.39, 0.29) is 11.3 Å². The van der Waals surface area contributed by atoms with E-state index in [1.165, 1.54) is 19.2 Å². The van der Waals surface area contributed by atoms with E-state index in [1.54, 1.807) is 48.5 Å². The van der Waals surface area contributed by atoms with Gasteiger partial charge in [-0.15, -0.1) is 0 Å². The zero-order valence-corrected chi connectivity index (χ0v) is 20.1. The lowest BCUT2D eigenvalue weighted by atomic mass is 10.1. The van der Waals surface area contributed by atoms with Gasteiger partial charge in [-0.25, -0.2) is 0 Å². The Balaban J connectivity index is 1.57. The number of nitrogens with zero attached hydrogens (tertiary/aromatic N) is 2. The number of hydrogen-bond donors (Lipinski definition) is 2. The van der Waals surface area contributed by atoms with Crippen molar-refractivity contribution >= 4 is 46.2 Å². The number of rotatable bonds is 7. The zero-order chi connectivity index (χ0) is 25.7. The van der Waals surface area contributed by atoms with Crippen molar-refractivity contribution in [2.75, 3.05) is 48.9 Å². The van der Waals surface area contributed by atoms with Crippen LogP contribution in [-0.4, -0.2) is 50.2 Å². The van der Waals surface area contributed by atoms with Gasteiger partial charge < -0.3 is 25.0 Å². The summed E-state index contributed by atoms with van der Waals surface area (Å²) < 4.78 is 10.8. The molecule has 2 amide bonds. The summed E-state index contributed by atoms with van der Waals surface area (Å²) >= 11 is 6.11. The van der Waals surface area contributed by atoms with Gasteiger partial charge in [-0.1, -0.05) is 23.7 Å². The van der Waals surface area contributed by atoms with Crippen LogP contribution in [0.1, 0.15) is 20.7 Å². The standard InChI is InChI=1S/C25H23ClN4O6/c1-35-23-14-16(6-8-21(23)28-24(31)18-4-2-3-5-20(18)26)27-25(32)19-15-17(30(33)34)7-9-22(19)29-10-12-36-13-11-29/h2-9,14-15H,10-13H2,1H3,(H,27,32)(H,28,31). The molecule has 2 N–H and O–H groups in total. The van der Waals surface area contributed by atoms with Gasteiger partial charge in [0.25, 0.3) is 17.5 Å². The molecule has 0 spiro atoms. The van der Waals surface area contributed by atoms with Crippen LogP contribution in [0.2, 0.25) is 5.02 Å². The molecule has 0 aliphatic carbocycles. The molecule has 4 rings (SSSR count). The van der Waals surface area contributed by atoms with Crippen molar-refractivity contribution in [1.82, 2.24) is 0 Å². The smallest absolute Gasteiger partial charge is 0.270 e. The normalized spacial score (nSPS) is 13.1. The molecule has 0 aromatic heterocycles. The first-order valence-corrected chi connectivity index (χ1v) is 11.4. The van der Waals surface area contributed by atoms with Crippen LogP contribution in [-0.2, 0) is 4.74 Å². The highest BCUT2D eigenvalue weighted by molar-refractivity contribution is 6.34. The number of halogens is 1. The first-order valence-electron chi connectivity index (χ1n) is 11.0. The van der Waals surface area contributed by atoms with Gasteiger partial charge in [0.2, 0.25) is 0 Å². The third kappa shape index (κ3) is 5.56. The van der Waals surface area contributed by atoms with Gasteiger partial charge in [-0.05, 0) is 30.3 Å². The molecule has 1 aliphatic heterocycles. The first-order chi connectivity index (χ1) is 17.4. The fourth-order valence-corrected chi connectivity index (χ4v) is 4.03. The summed E-state index contributed by atoms with van der Waals surface area (Å²) in [6.07, 6.45) is 0. The Kier molecular flexibility index (Phi) is 7.67. The van der Waals surface area contributed by atoms with Crippen LogP contribution in [0.15, 0.2) is 60.7 Å². The number of nitro groups is 1. The van der Waals surface area contributed by atoms with Crippen LogP contribution in [0, 0.1) is 10.1 Å². The molecule has 3 aromatic carbocycles. The van der Waals surface area contributed by atoms with Crippen molar-refractivity contribution in [1.29, 1.82) is 0 Å². The number of carbonyl (C=O) groups excluding carboxylic acids is 2. The zero-order valence-electron chi connectivity index (χ0n) is 19.3. The van der Waals surface area contributed by atoms with Gasteiger partial charge in [0.1, 0.15) is 5.75 Å². The number of amides is 2. The average molecular weight is 511 g/mol. The average Bonchev–Trinajstić information content (AvgIpc) is 2.89. The molecule has 1 aliphatic rings. The molecule has 0 unspecified atom stereocenters. The highest BCUT2D eigenvalue weighted by Gasteiger charge is 2.23. The number of hydrogen-bond acceptors (Lipinski definition) is 7. The second-order valence-corrected chi connectivity index (χ2v) is 8.27. The molecule has 1 fully saturated rings. The minimum atomic E-state index is -0.542. The molecule has 186 valence electrons. The quantitative estimate of drug-likeness (QED) is 0.352. The molecular weight excluding hydrogens is 488 g/mol. The Labute approximate surface area is 211 Å². The van der Waals surface area contributed by atoms with Crippen molar-refractivity contribution < 1.29 is 24.0 Å². The number of morpholine rings is 1. The topological polar surface area (TPSA) is 123 Å². The van der Waals surface area contributed by atoms with Crippen LogP contribution in [0.4, 0.5) is 22.7 Å². The highest BCUT2D eigenvalue weighted by Crippen LogP contribution is 2.31. The number of non-ortho nitro benzene ring substituents is 1.